The highest BCUT2D eigenvalue weighted by Crippen LogP contribution is 2.27. The lowest BCUT2D eigenvalue weighted by molar-refractivity contribution is -0.116. The molecule has 5 nitrogen and oxygen atoms in total. The van der Waals surface area contributed by atoms with E-state index in [2.05, 4.69) is 5.32 Å². The summed E-state index contributed by atoms with van der Waals surface area (Å²) in [7, 11) is -3.30. The van der Waals surface area contributed by atoms with Crippen LogP contribution in [0.2, 0.25) is 0 Å². The number of anilines is 2. The van der Waals surface area contributed by atoms with E-state index in [9.17, 15) is 17.6 Å². The van der Waals surface area contributed by atoms with Gasteiger partial charge in [-0.1, -0.05) is 24.3 Å². The zero-order chi connectivity index (χ0) is 18.0. The summed E-state index contributed by atoms with van der Waals surface area (Å²) >= 11 is 0. The van der Waals surface area contributed by atoms with Gasteiger partial charge < -0.3 is 10.2 Å². The second-order valence-electron chi connectivity index (χ2n) is 6.15. The molecule has 132 valence electrons. The molecule has 2 aromatic rings. The van der Waals surface area contributed by atoms with E-state index in [0.717, 1.165) is 23.9 Å². The highest BCUT2D eigenvalue weighted by molar-refractivity contribution is 7.89. The van der Waals surface area contributed by atoms with E-state index < -0.39 is 15.7 Å². The van der Waals surface area contributed by atoms with Crippen molar-refractivity contribution in [1.29, 1.82) is 0 Å². The molecule has 0 bridgehead atoms. The van der Waals surface area contributed by atoms with Gasteiger partial charge in [-0.15, -0.1) is 0 Å². The Morgan fingerprint density at radius 1 is 1.24 bits per heavy atom. The molecule has 25 heavy (non-hydrogen) atoms. The summed E-state index contributed by atoms with van der Waals surface area (Å²) in [5.74, 6) is -1.04. The van der Waals surface area contributed by atoms with E-state index in [4.69, 9.17) is 0 Å². The Balaban J connectivity index is 1.64. The maximum absolute atomic E-state index is 14.0. The Morgan fingerprint density at radius 3 is 2.72 bits per heavy atom. The molecule has 1 aliphatic rings. The Morgan fingerprint density at radius 2 is 2.00 bits per heavy atom. The Labute approximate surface area is 146 Å². The molecule has 2 aromatic carbocycles. The van der Waals surface area contributed by atoms with Crippen molar-refractivity contribution in [2.75, 3.05) is 29.6 Å². The second-order valence-corrected chi connectivity index (χ2v) is 8.29. The molecule has 1 heterocycles. The molecule has 1 amide bonds. The number of hydrogen-bond acceptors (Lipinski definition) is 4. The number of hydrogen-bond donors (Lipinski definition) is 1. The SMILES string of the molecule is CS(=O)(=O)Cc1ccc(NCC(=O)N2CCc3ccccc32)cc1F. The van der Waals surface area contributed by atoms with Gasteiger partial charge in [0.25, 0.3) is 0 Å². The van der Waals surface area contributed by atoms with Crippen molar-refractivity contribution in [3.8, 4) is 0 Å². The van der Waals surface area contributed by atoms with Crippen LogP contribution in [0.15, 0.2) is 42.5 Å². The van der Waals surface area contributed by atoms with E-state index in [1.807, 2.05) is 24.3 Å². The first-order chi connectivity index (χ1) is 11.8. The highest BCUT2D eigenvalue weighted by atomic mass is 32.2. The number of carbonyl (C=O) groups is 1. The maximum atomic E-state index is 14.0. The summed E-state index contributed by atoms with van der Waals surface area (Å²) < 4.78 is 36.5. The van der Waals surface area contributed by atoms with Gasteiger partial charge in [0.15, 0.2) is 9.84 Å². The fourth-order valence-electron chi connectivity index (χ4n) is 2.93. The zero-order valence-electron chi connectivity index (χ0n) is 13.8. The Kier molecular flexibility index (Phi) is 4.76. The first-order valence-electron chi connectivity index (χ1n) is 7.92. The van der Waals surface area contributed by atoms with Crippen LogP contribution >= 0.6 is 0 Å². The van der Waals surface area contributed by atoms with Gasteiger partial charge >= 0.3 is 0 Å². The van der Waals surface area contributed by atoms with Crippen molar-refractivity contribution in [1.82, 2.24) is 0 Å². The summed E-state index contributed by atoms with van der Waals surface area (Å²) in [5, 5.41) is 2.90. The summed E-state index contributed by atoms with van der Waals surface area (Å²) in [6, 6.07) is 12.0. The normalized spacial score (nSPS) is 13.6. The molecule has 1 aliphatic heterocycles. The molecule has 0 fully saturated rings. The third-order valence-electron chi connectivity index (χ3n) is 4.10. The van der Waals surface area contributed by atoms with E-state index in [0.29, 0.717) is 12.2 Å². The van der Waals surface area contributed by atoms with Crippen molar-refractivity contribution in [2.24, 2.45) is 0 Å². The number of sulfone groups is 1. The predicted molar refractivity (Wildman–Crippen MR) is 95.9 cm³/mol. The van der Waals surface area contributed by atoms with E-state index in [1.54, 1.807) is 11.0 Å². The molecule has 0 saturated carbocycles. The van der Waals surface area contributed by atoms with Gasteiger partial charge in [-0.05, 0) is 30.2 Å². The second kappa shape index (κ2) is 6.84. The molecule has 7 heteroatoms. The van der Waals surface area contributed by atoms with Crippen LogP contribution in [0.1, 0.15) is 11.1 Å². The maximum Gasteiger partial charge on any atom is 0.246 e. The van der Waals surface area contributed by atoms with Gasteiger partial charge in [0.2, 0.25) is 5.91 Å². The fourth-order valence-corrected chi connectivity index (χ4v) is 3.73. The summed E-state index contributed by atoms with van der Waals surface area (Å²) in [4.78, 5) is 14.1. The van der Waals surface area contributed by atoms with Crippen LogP contribution in [0.4, 0.5) is 15.8 Å². The molecule has 0 aliphatic carbocycles. The van der Waals surface area contributed by atoms with Crippen molar-refractivity contribution >= 4 is 27.1 Å². The van der Waals surface area contributed by atoms with Crippen LogP contribution in [-0.4, -0.2) is 33.7 Å². The third kappa shape index (κ3) is 4.17. The van der Waals surface area contributed by atoms with Gasteiger partial charge in [-0.2, -0.15) is 0 Å². The van der Waals surface area contributed by atoms with E-state index in [-0.39, 0.29) is 23.8 Å². The fraction of sp³-hybridized carbons (Fsp3) is 0.278. The Hall–Kier alpha value is -2.41. The topological polar surface area (TPSA) is 66.5 Å². The third-order valence-corrected chi connectivity index (χ3v) is 4.94. The van der Waals surface area contributed by atoms with Gasteiger partial charge in [-0.3, -0.25) is 4.79 Å². The first-order valence-corrected chi connectivity index (χ1v) is 9.98. The minimum Gasteiger partial charge on any atom is -0.376 e. The molecule has 0 atom stereocenters. The van der Waals surface area contributed by atoms with Gasteiger partial charge in [0, 0.05) is 29.7 Å². The average molecular weight is 362 g/mol. The summed E-state index contributed by atoms with van der Waals surface area (Å²) in [5.41, 5.74) is 2.62. The van der Waals surface area contributed by atoms with E-state index in [1.165, 1.54) is 12.1 Å². The molecular formula is C18H19FN2O3S. The van der Waals surface area contributed by atoms with Crippen molar-refractivity contribution in [3.05, 3.63) is 59.4 Å². The molecule has 1 N–H and O–H groups in total. The zero-order valence-corrected chi connectivity index (χ0v) is 14.6. The number of para-hydroxylation sites is 1. The molecule has 0 aromatic heterocycles. The molecular weight excluding hydrogens is 343 g/mol. The monoisotopic (exact) mass is 362 g/mol. The number of nitrogens with zero attached hydrogens (tertiary/aromatic N) is 1. The predicted octanol–water partition coefficient (Wildman–Crippen LogP) is 2.37. The average Bonchev–Trinajstić information content (AvgIpc) is 2.98. The number of amides is 1. The molecule has 0 radical (unpaired) electrons. The molecule has 0 spiro atoms. The lowest BCUT2D eigenvalue weighted by Gasteiger charge is -2.18. The van der Waals surface area contributed by atoms with E-state index >= 15 is 0 Å². The summed E-state index contributed by atoms with van der Waals surface area (Å²) in [6.07, 6.45) is 1.89. The standard InChI is InChI=1S/C18H19FN2O3S/c1-25(23,24)12-14-6-7-15(10-16(14)19)20-11-18(22)21-9-8-13-4-2-3-5-17(13)21/h2-7,10,20H,8-9,11-12H2,1H3. The number of rotatable bonds is 5. The number of nitrogens with one attached hydrogen (secondary N) is 1. The van der Waals surface area contributed by atoms with Crippen molar-refractivity contribution in [3.63, 3.8) is 0 Å². The minimum atomic E-state index is -3.30. The van der Waals surface area contributed by atoms with Gasteiger partial charge in [0.1, 0.15) is 5.82 Å². The summed E-state index contributed by atoms with van der Waals surface area (Å²) in [6.45, 7) is 0.681. The largest absolute Gasteiger partial charge is 0.376 e. The smallest absolute Gasteiger partial charge is 0.246 e. The molecule has 0 saturated heterocycles. The van der Waals surface area contributed by atoms with Gasteiger partial charge in [-0.25, -0.2) is 12.8 Å². The van der Waals surface area contributed by atoms with Crippen LogP contribution in [0, 0.1) is 5.82 Å². The molecule has 0 unspecified atom stereocenters. The van der Waals surface area contributed by atoms with Crippen molar-refractivity contribution < 1.29 is 17.6 Å². The highest BCUT2D eigenvalue weighted by Gasteiger charge is 2.23. The lowest BCUT2D eigenvalue weighted by Crippen LogP contribution is -2.34. The molecule has 3 rings (SSSR count). The number of carbonyl (C=O) groups excluding carboxylic acids is 1. The van der Waals surface area contributed by atoms with Crippen LogP contribution in [-0.2, 0) is 26.8 Å². The number of benzene rings is 2. The van der Waals surface area contributed by atoms with Crippen LogP contribution in [0.3, 0.4) is 0 Å². The number of halogens is 1. The van der Waals surface area contributed by atoms with Gasteiger partial charge in [0.05, 0.1) is 12.3 Å². The first kappa shape index (κ1) is 17.4. The van der Waals surface area contributed by atoms with Crippen LogP contribution in [0.5, 0.6) is 0 Å². The Bertz CT molecular complexity index is 912. The lowest BCUT2D eigenvalue weighted by atomic mass is 10.2. The minimum absolute atomic E-state index is 0.0409. The number of fused-ring (bicyclic) bond motifs is 1. The van der Waals surface area contributed by atoms with Crippen LogP contribution in [0.25, 0.3) is 0 Å². The van der Waals surface area contributed by atoms with Crippen LogP contribution < -0.4 is 10.2 Å². The quantitative estimate of drug-likeness (QED) is 0.887. The van der Waals surface area contributed by atoms with Crippen molar-refractivity contribution in [2.45, 2.75) is 12.2 Å².